The molecule has 5 rings (SSSR count). The molecule has 1 aromatic carbocycles. The lowest BCUT2D eigenvalue weighted by atomic mass is 10.1. The number of rotatable bonds is 6. The number of allylic oxidation sites excluding steroid dienone is 1. The molecule has 13 heteroatoms. The third kappa shape index (κ3) is 4.98. The van der Waals surface area contributed by atoms with Crippen LogP contribution in [0.5, 0.6) is 0 Å². The molecule has 1 fully saturated rings. The first-order valence-electron chi connectivity index (χ1n) is 12.2. The van der Waals surface area contributed by atoms with Crippen molar-refractivity contribution in [3.8, 4) is 6.07 Å². The van der Waals surface area contributed by atoms with E-state index in [4.69, 9.17) is 4.98 Å². The molecule has 2 aliphatic heterocycles. The molecule has 0 atom stereocenters. The quantitative estimate of drug-likeness (QED) is 0.454. The summed E-state index contributed by atoms with van der Waals surface area (Å²) in [5.41, 5.74) is 2.42. The summed E-state index contributed by atoms with van der Waals surface area (Å²) in [5.74, 6) is 0.466. The SMILES string of the molecule is CCn1nc2c(C)cc(N3CCNCC3)nc2c1N(CC(F)(F)F)N1CSC(C#N)=C1c1ccc(F)cc1. The van der Waals surface area contributed by atoms with E-state index in [-0.39, 0.29) is 22.3 Å². The zero-order valence-electron chi connectivity index (χ0n) is 20.9. The highest BCUT2D eigenvalue weighted by atomic mass is 32.2. The maximum atomic E-state index is 14.1. The Hall–Kier alpha value is -3.50. The smallest absolute Gasteiger partial charge is 0.354 e. The average Bonchev–Trinajstić information content (AvgIpc) is 3.49. The van der Waals surface area contributed by atoms with E-state index < -0.39 is 18.5 Å². The van der Waals surface area contributed by atoms with Crippen LogP contribution in [0.3, 0.4) is 0 Å². The van der Waals surface area contributed by atoms with Crippen LogP contribution in [-0.2, 0) is 6.54 Å². The summed E-state index contributed by atoms with van der Waals surface area (Å²) in [7, 11) is 0. The van der Waals surface area contributed by atoms with Crippen molar-refractivity contribution in [2.75, 3.05) is 48.5 Å². The van der Waals surface area contributed by atoms with Gasteiger partial charge in [-0.05, 0) is 49.7 Å². The number of nitriles is 1. The number of aromatic nitrogens is 3. The van der Waals surface area contributed by atoms with Crippen molar-refractivity contribution in [1.29, 1.82) is 5.26 Å². The van der Waals surface area contributed by atoms with Gasteiger partial charge >= 0.3 is 6.18 Å². The largest absolute Gasteiger partial charge is 0.408 e. The Morgan fingerprint density at radius 2 is 1.87 bits per heavy atom. The number of anilines is 2. The van der Waals surface area contributed by atoms with E-state index in [1.165, 1.54) is 34.0 Å². The van der Waals surface area contributed by atoms with E-state index in [1.54, 1.807) is 0 Å². The number of thioether (sulfide) groups is 1. The predicted molar refractivity (Wildman–Crippen MR) is 140 cm³/mol. The maximum absolute atomic E-state index is 14.1. The molecule has 200 valence electrons. The van der Waals surface area contributed by atoms with Gasteiger partial charge in [0.05, 0.1) is 11.6 Å². The fourth-order valence-electron chi connectivity index (χ4n) is 4.74. The second kappa shape index (κ2) is 10.3. The molecule has 1 saturated heterocycles. The van der Waals surface area contributed by atoms with Gasteiger partial charge in [-0.2, -0.15) is 23.5 Å². The van der Waals surface area contributed by atoms with Crippen LogP contribution >= 0.6 is 11.8 Å². The number of alkyl halides is 3. The molecular formula is C25H26F4N8S. The van der Waals surface area contributed by atoms with Crippen molar-refractivity contribution in [3.63, 3.8) is 0 Å². The number of nitrogens with one attached hydrogen (secondary N) is 1. The zero-order valence-corrected chi connectivity index (χ0v) is 21.7. The summed E-state index contributed by atoms with van der Waals surface area (Å²) in [6, 6.07) is 9.39. The number of nitrogens with zero attached hydrogens (tertiary/aromatic N) is 7. The normalized spacial score (nSPS) is 16.4. The Bertz CT molecular complexity index is 1400. The minimum atomic E-state index is -4.58. The molecule has 2 aromatic heterocycles. The molecular weight excluding hydrogens is 520 g/mol. The van der Waals surface area contributed by atoms with Gasteiger partial charge in [-0.15, -0.1) is 0 Å². The molecule has 8 nitrogen and oxygen atoms in total. The Labute approximate surface area is 221 Å². The van der Waals surface area contributed by atoms with E-state index in [0.717, 1.165) is 48.5 Å². The van der Waals surface area contributed by atoms with Crippen LogP contribution in [0.4, 0.5) is 29.2 Å². The van der Waals surface area contributed by atoms with Gasteiger partial charge in [0.25, 0.3) is 0 Å². The fraction of sp³-hybridized carbons (Fsp3) is 0.400. The second-order valence-corrected chi connectivity index (χ2v) is 9.97. The molecule has 0 spiro atoms. The monoisotopic (exact) mass is 546 g/mol. The van der Waals surface area contributed by atoms with Crippen molar-refractivity contribution >= 4 is 40.1 Å². The van der Waals surface area contributed by atoms with Crippen LogP contribution in [0, 0.1) is 24.1 Å². The van der Waals surface area contributed by atoms with Gasteiger partial charge in [-0.25, -0.2) is 14.1 Å². The minimum Gasteiger partial charge on any atom is -0.354 e. The molecule has 38 heavy (non-hydrogen) atoms. The first kappa shape index (κ1) is 26.1. The van der Waals surface area contributed by atoms with E-state index in [2.05, 4.69) is 21.4 Å². The van der Waals surface area contributed by atoms with Crippen LogP contribution < -0.4 is 15.2 Å². The molecule has 2 aliphatic rings. The lowest BCUT2D eigenvalue weighted by molar-refractivity contribution is -0.123. The van der Waals surface area contributed by atoms with E-state index in [0.29, 0.717) is 29.0 Å². The van der Waals surface area contributed by atoms with Gasteiger partial charge < -0.3 is 10.2 Å². The summed E-state index contributed by atoms with van der Waals surface area (Å²) < 4.78 is 57.6. The lowest BCUT2D eigenvalue weighted by Crippen LogP contribution is -2.46. The summed E-state index contributed by atoms with van der Waals surface area (Å²) in [6.07, 6.45) is -4.58. The van der Waals surface area contributed by atoms with Crippen molar-refractivity contribution in [2.45, 2.75) is 26.6 Å². The molecule has 0 saturated carbocycles. The van der Waals surface area contributed by atoms with Gasteiger partial charge in [0.2, 0.25) is 0 Å². The number of aryl methyl sites for hydroxylation is 2. The number of piperazine rings is 1. The third-order valence-corrected chi connectivity index (χ3v) is 7.42. The molecule has 1 N–H and O–H groups in total. The van der Waals surface area contributed by atoms with Crippen molar-refractivity contribution in [3.05, 3.63) is 52.2 Å². The number of pyridine rings is 1. The summed E-state index contributed by atoms with van der Waals surface area (Å²) in [4.78, 5) is 7.20. The van der Waals surface area contributed by atoms with Crippen molar-refractivity contribution in [1.82, 2.24) is 25.1 Å². The van der Waals surface area contributed by atoms with Gasteiger partial charge in [0.15, 0.2) is 5.82 Å². The van der Waals surface area contributed by atoms with Crippen molar-refractivity contribution < 1.29 is 17.6 Å². The molecule has 0 bridgehead atoms. The number of hydrogen-bond acceptors (Lipinski definition) is 8. The molecule has 0 aliphatic carbocycles. The van der Waals surface area contributed by atoms with E-state index >= 15 is 0 Å². The van der Waals surface area contributed by atoms with Gasteiger partial charge in [-0.1, -0.05) is 11.8 Å². The van der Waals surface area contributed by atoms with E-state index in [1.807, 2.05) is 19.9 Å². The van der Waals surface area contributed by atoms with Crippen LogP contribution in [0.2, 0.25) is 0 Å². The molecule has 0 radical (unpaired) electrons. The predicted octanol–water partition coefficient (Wildman–Crippen LogP) is 4.49. The number of fused-ring (bicyclic) bond motifs is 1. The van der Waals surface area contributed by atoms with Crippen molar-refractivity contribution in [2.24, 2.45) is 0 Å². The van der Waals surface area contributed by atoms with Gasteiger partial charge in [0, 0.05) is 38.3 Å². The van der Waals surface area contributed by atoms with Crippen LogP contribution in [-0.4, -0.2) is 64.6 Å². The Morgan fingerprint density at radius 1 is 1.16 bits per heavy atom. The second-order valence-electron chi connectivity index (χ2n) is 9.01. The standard InChI is InChI=1S/C25H26F4N8S/c1-3-35-24(22-21(33-35)16(2)12-20(32-22)34-10-8-31-9-11-34)36(14-25(27,28)29)37-15-38-19(13-30)23(37)17-4-6-18(26)7-5-17/h4-7,12,31H,3,8-11,14-15H2,1-2H3. The Morgan fingerprint density at radius 3 is 2.50 bits per heavy atom. The molecule has 0 amide bonds. The lowest BCUT2D eigenvalue weighted by Gasteiger charge is -2.37. The minimum absolute atomic E-state index is 0.0680. The van der Waals surface area contributed by atoms with E-state index in [9.17, 15) is 22.8 Å². The third-order valence-electron chi connectivity index (χ3n) is 6.48. The summed E-state index contributed by atoms with van der Waals surface area (Å²) in [5, 5.41) is 20.3. The van der Waals surface area contributed by atoms with Gasteiger partial charge in [0.1, 0.15) is 40.2 Å². The molecule has 4 heterocycles. The summed E-state index contributed by atoms with van der Waals surface area (Å²) >= 11 is 1.13. The van der Waals surface area contributed by atoms with Crippen LogP contribution in [0.15, 0.2) is 35.2 Å². The molecule has 0 unspecified atom stereocenters. The number of benzene rings is 1. The summed E-state index contributed by atoms with van der Waals surface area (Å²) in [6.45, 7) is 5.70. The van der Waals surface area contributed by atoms with Crippen LogP contribution in [0.25, 0.3) is 16.7 Å². The number of halogens is 4. The van der Waals surface area contributed by atoms with Crippen LogP contribution in [0.1, 0.15) is 18.1 Å². The zero-order chi connectivity index (χ0) is 27.0. The Balaban J connectivity index is 1.70. The average molecular weight is 547 g/mol. The highest BCUT2D eigenvalue weighted by Gasteiger charge is 2.40. The fourth-order valence-corrected chi connectivity index (χ4v) is 5.68. The van der Waals surface area contributed by atoms with Gasteiger partial charge in [-0.3, -0.25) is 10.0 Å². The number of hydrazine groups is 1. The Kier molecular flexibility index (Phi) is 7.11. The highest BCUT2D eigenvalue weighted by Crippen LogP contribution is 2.42. The maximum Gasteiger partial charge on any atom is 0.408 e. The number of hydrogen-bond donors (Lipinski definition) is 1. The highest BCUT2D eigenvalue weighted by molar-refractivity contribution is 8.03. The topological polar surface area (TPSA) is 76.2 Å². The first-order valence-corrected chi connectivity index (χ1v) is 13.2. The first-order chi connectivity index (χ1) is 18.2. The molecule has 3 aromatic rings.